The van der Waals surface area contributed by atoms with Crippen LogP contribution in [0.1, 0.15) is 67.7 Å². The van der Waals surface area contributed by atoms with E-state index in [2.05, 4.69) is 16.0 Å². The van der Waals surface area contributed by atoms with Crippen LogP contribution in [0.3, 0.4) is 0 Å². The minimum atomic E-state index is -4.64. The van der Waals surface area contributed by atoms with Crippen LogP contribution in [0, 0.1) is 17.6 Å². The predicted molar refractivity (Wildman–Crippen MR) is 186 cm³/mol. The summed E-state index contributed by atoms with van der Waals surface area (Å²) in [5, 5.41) is 8.81. The second-order valence-electron chi connectivity index (χ2n) is 13.4. The number of carbonyl (C=O) groups excluding carboxylic acids is 2. The van der Waals surface area contributed by atoms with E-state index in [4.69, 9.17) is 4.74 Å². The highest BCUT2D eigenvalue weighted by atomic mass is 32.2. The predicted octanol–water partition coefficient (Wildman–Crippen LogP) is 6.59. The number of sulfonamides is 1. The molecule has 0 aromatic heterocycles. The Hall–Kier alpha value is -4.08. The van der Waals surface area contributed by atoms with E-state index < -0.39 is 63.4 Å². The Morgan fingerprint density at radius 3 is 2.29 bits per heavy atom. The zero-order valence-electron chi connectivity index (χ0n) is 29.1. The third-order valence-corrected chi connectivity index (χ3v) is 12.1. The Labute approximate surface area is 300 Å². The average Bonchev–Trinajstić information content (AvgIpc) is 3.22. The first-order valence-corrected chi connectivity index (χ1v) is 18.8. The van der Waals surface area contributed by atoms with Crippen LogP contribution in [-0.2, 0) is 32.2 Å². The molecule has 15 heteroatoms. The van der Waals surface area contributed by atoms with Gasteiger partial charge in [-0.1, -0.05) is 50.6 Å². The lowest BCUT2D eigenvalue weighted by Gasteiger charge is -2.46. The number of benzene rings is 3. The van der Waals surface area contributed by atoms with E-state index in [9.17, 15) is 35.6 Å². The van der Waals surface area contributed by atoms with Gasteiger partial charge in [0, 0.05) is 41.8 Å². The van der Waals surface area contributed by atoms with Crippen LogP contribution in [-0.4, -0.2) is 68.3 Å². The molecule has 2 bridgehead atoms. The number of ether oxygens (including phenoxy) is 1. The largest absolute Gasteiger partial charge is 0.453 e. The number of amides is 2. The topological polar surface area (TPSA) is 117 Å². The number of rotatable bonds is 11. The number of piperazine rings is 1. The number of hydrogen-bond acceptors (Lipinski definition) is 6. The summed E-state index contributed by atoms with van der Waals surface area (Å²) in [6.07, 6.45) is -3.33. The number of hydrogen-bond donors (Lipinski definition) is 3. The van der Waals surface area contributed by atoms with Crippen LogP contribution in [0.4, 0.5) is 32.4 Å². The Morgan fingerprint density at radius 2 is 1.67 bits per heavy atom. The van der Waals surface area contributed by atoms with Crippen molar-refractivity contribution in [1.82, 2.24) is 14.9 Å². The molecule has 9 nitrogen and oxygen atoms in total. The van der Waals surface area contributed by atoms with Gasteiger partial charge in [-0.15, -0.1) is 0 Å². The third-order valence-electron chi connectivity index (χ3n) is 10.1. The Morgan fingerprint density at radius 1 is 1.02 bits per heavy atom. The highest BCUT2D eigenvalue weighted by molar-refractivity contribution is 7.89. The van der Waals surface area contributed by atoms with Crippen molar-refractivity contribution in [1.29, 1.82) is 0 Å². The molecule has 2 aliphatic rings. The summed E-state index contributed by atoms with van der Waals surface area (Å²) in [4.78, 5) is 26.8. The lowest BCUT2D eigenvalue weighted by Crippen LogP contribution is -2.64. The maximum atomic E-state index is 15.7. The van der Waals surface area contributed by atoms with E-state index in [-0.39, 0.29) is 59.0 Å². The van der Waals surface area contributed by atoms with Gasteiger partial charge >= 0.3 is 12.3 Å². The molecular formula is C37H43F5N4O5S. The summed E-state index contributed by atoms with van der Waals surface area (Å²) < 4.78 is 103. The monoisotopic (exact) mass is 750 g/mol. The third kappa shape index (κ3) is 8.92. The van der Waals surface area contributed by atoms with Crippen molar-refractivity contribution in [3.8, 4) is 0 Å². The smallest absolute Gasteiger partial charge is 0.416 e. The van der Waals surface area contributed by atoms with Crippen molar-refractivity contribution in [2.75, 3.05) is 24.7 Å². The minimum absolute atomic E-state index is 0.00815. The number of fused-ring (bicyclic) bond motifs is 2. The molecule has 0 aliphatic carbocycles. The van der Waals surface area contributed by atoms with Crippen LogP contribution >= 0.6 is 0 Å². The Kier molecular flexibility index (Phi) is 12.3. The zero-order valence-corrected chi connectivity index (χ0v) is 29.9. The molecule has 0 spiro atoms. The zero-order chi connectivity index (χ0) is 37.8. The van der Waals surface area contributed by atoms with Crippen LogP contribution < -0.4 is 16.0 Å². The molecule has 52 heavy (non-hydrogen) atoms. The van der Waals surface area contributed by atoms with Gasteiger partial charge in [0.15, 0.2) is 0 Å². The summed E-state index contributed by atoms with van der Waals surface area (Å²) in [6, 6.07) is 10.8. The molecule has 0 radical (unpaired) electrons. The quantitative estimate of drug-likeness (QED) is 0.191. The maximum absolute atomic E-state index is 15.7. The van der Waals surface area contributed by atoms with E-state index in [1.807, 2.05) is 13.8 Å². The molecular weight excluding hydrogens is 707 g/mol. The van der Waals surface area contributed by atoms with Gasteiger partial charge < -0.3 is 20.7 Å². The number of alkyl carbamates (subject to hydrolysis) is 1. The van der Waals surface area contributed by atoms with Crippen LogP contribution in [0.15, 0.2) is 66.7 Å². The summed E-state index contributed by atoms with van der Waals surface area (Å²) in [5.41, 5.74) is -0.290. The first kappa shape index (κ1) is 39.1. The van der Waals surface area contributed by atoms with Crippen molar-refractivity contribution < 1.29 is 44.7 Å². The number of nitrogens with one attached hydrogen (secondary N) is 3. The number of alkyl halides is 3. The summed E-state index contributed by atoms with van der Waals surface area (Å²) in [7, 11) is -2.50. The maximum Gasteiger partial charge on any atom is 0.416 e. The molecule has 3 aromatic carbocycles. The highest BCUT2D eigenvalue weighted by Gasteiger charge is 2.44. The van der Waals surface area contributed by atoms with Gasteiger partial charge in [0.05, 0.1) is 18.4 Å². The second-order valence-corrected chi connectivity index (χ2v) is 15.5. The summed E-state index contributed by atoms with van der Waals surface area (Å²) in [5.74, 6) is -3.12. The van der Waals surface area contributed by atoms with Gasteiger partial charge in [0.2, 0.25) is 15.9 Å². The molecule has 2 aliphatic heterocycles. The Balaban J connectivity index is 1.49. The van der Waals surface area contributed by atoms with Gasteiger partial charge in [-0.2, -0.15) is 17.5 Å². The molecule has 0 saturated carbocycles. The molecule has 2 fully saturated rings. The fraction of sp³-hybridized carbons (Fsp3) is 0.459. The van der Waals surface area contributed by atoms with Gasteiger partial charge in [0.1, 0.15) is 17.7 Å². The number of anilines is 1. The highest BCUT2D eigenvalue weighted by Crippen LogP contribution is 2.35. The number of methoxy groups -OCH3 is 1. The SMILES string of the molecule is CCC(C)C1NC2CCCS(=O)(=O)N(C2)C1CCc1c(F)cccc1NC(=O)C(NC(=O)OC)C(c1ccc(F)cc1)c1ccc(C(F)(F)F)cc1. The number of carbonyl (C=O) groups is 2. The molecule has 2 amide bonds. The molecule has 7 unspecified atom stereocenters. The van der Waals surface area contributed by atoms with Crippen LogP contribution in [0.25, 0.3) is 0 Å². The van der Waals surface area contributed by atoms with Crippen LogP contribution in [0.2, 0.25) is 0 Å². The number of nitrogens with zero attached hydrogens (tertiary/aromatic N) is 1. The Bertz CT molecular complexity index is 1830. The molecule has 282 valence electrons. The van der Waals surface area contributed by atoms with E-state index in [1.165, 1.54) is 30.3 Å². The summed E-state index contributed by atoms with van der Waals surface area (Å²) >= 11 is 0. The van der Waals surface area contributed by atoms with E-state index in [0.717, 1.165) is 56.3 Å². The molecule has 2 heterocycles. The van der Waals surface area contributed by atoms with Crippen molar-refractivity contribution >= 4 is 27.7 Å². The van der Waals surface area contributed by atoms with Gasteiger partial charge in [-0.25, -0.2) is 22.0 Å². The van der Waals surface area contributed by atoms with Crippen LogP contribution in [0.5, 0.6) is 0 Å². The van der Waals surface area contributed by atoms with Crippen molar-refractivity contribution in [3.63, 3.8) is 0 Å². The van der Waals surface area contributed by atoms with Gasteiger partial charge in [-0.3, -0.25) is 4.79 Å². The lowest BCUT2D eigenvalue weighted by atomic mass is 9.84. The van der Waals surface area contributed by atoms with Crippen molar-refractivity contribution in [2.24, 2.45) is 5.92 Å². The van der Waals surface area contributed by atoms with Gasteiger partial charge in [0.25, 0.3) is 0 Å². The fourth-order valence-electron chi connectivity index (χ4n) is 7.26. The van der Waals surface area contributed by atoms with Gasteiger partial charge in [-0.05, 0) is 79.1 Å². The molecule has 7 atom stereocenters. The molecule has 3 aromatic rings. The minimum Gasteiger partial charge on any atom is -0.453 e. The average molecular weight is 751 g/mol. The van der Waals surface area contributed by atoms with E-state index >= 15 is 4.39 Å². The lowest BCUT2D eigenvalue weighted by molar-refractivity contribution is -0.137. The molecule has 3 N–H and O–H groups in total. The molecule has 5 rings (SSSR count). The molecule has 2 saturated heterocycles. The standard InChI is InChI=1S/C37H43F5N4O5S/c1-4-22(2)33-31(46-21-27(43-33)7-6-20-52(46,49)50)19-18-28-29(39)8-5-9-30(28)44-35(47)34(45-36(48)51-3)32(24-12-16-26(38)17-13-24)23-10-14-25(15-11-23)37(40,41)42/h5,8-17,22,27,31-34,43H,4,6-7,18-21H2,1-3H3,(H,44,47)(H,45,48). The normalized spacial score (nSPS) is 23.1. The van der Waals surface area contributed by atoms with E-state index in [1.54, 1.807) is 4.31 Å². The number of halogens is 5. The summed E-state index contributed by atoms with van der Waals surface area (Å²) in [6.45, 7) is 4.39. The second kappa shape index (κ2) is 16.3. The van der Waals surface area contributed by atoms with E-state index in [0.29, 0.717) is 13.0 Å². The van der Waals surface area contributed by atoms with Crippen molar-refractivity contribution in [3.05, 3.63) is 101 Å². The van der Waals surface area contributed by atoms with Crippen molar-refractivity contribution in [2.45, 2.75) is 82.2 Å². The first-order valence-electron chi connectivity index (χ1n) is 17.2. The first-order chi connectivity index (χ1) is 24.6. The fourth-order valence-corrected chi connectivity index (χ4v) is 9.08.